The second-order valence-corrected chi connectivity index (χ2v) is 13.3. The minimum atomic E-state index is -0.998. The van der Waals surface area contributed by atoms with Gasteiger partial charge < -0.3 is 31.7 Å². The van der Waals surface area contributed by atoms with Crippen molar-refractivity contribution >= 4 is 55.1 Å². The zero-order valence-electron chi connectivity index (χ0n) is 28.6. The van der Waals surface area contributed by atoms with E-state index in [9.17, 15) is 33.6 Å². The van der Waals surface area contributed by atoms with Crippen LogP contribution in [0.5, 0.6) is 0 Å². The highest BCUT2D eigenvalue weighted by Gasteiger charge is 2.34. The predicted molar refractivity (Wildman–Crippen MR) is 179 cm³/mol. The Hall–Kier alpha value is -4.43. The summed E-state index contributed by atoms with van der Waals surface area (Å²) in [6.07, 6.45) is 2.24. The zero-order chi connectivity index (χ0) is 36.0. The molecule has 1 aliphatic heterocycles. The van der Waals surface area contributed by atoms with Crippen molar-refractivity contribution in [1.29, 1.82) is 0 Å². The third kappa shape index (κ3) is 13.4. The predicted octanol–water partition coefficient (Wildman–Crippen LogP) is 2.06. The summed E-state index contributed by atoms with van der Waals surface area (Å²) in [5, 5.41) is 10.7. The van der Waals surface area contributed by atoms with Crippen LogP contribution < -0.4 is 27.0 Å². The number of hydrogen-bond acceptors (Lipinski definition) is 8. The summed E-state index contributed by atoms with van der Waals surface area (Å²) >= 11 is 0. The Morgan fingerprint density at radius 1 is 0.979 bits per heavy atom. The van der Waals surface area contributed by atoms with Gasteiger partial charge in [-0.15, -0.1) is 0 Å². The zero-order valence-corrected chi connectivity index (χ0v) is 28.6. The van der Waals surface area contributed by atoms with Gasteiger partial charge in [-0.2, -0.15) is 0 Å². The monoisotopic (exact) mass is 668 g/mol. The Balaban J connectivity index is 1.95. The first-order valence-electron chi connectivity index (χ1n) is 16.3. The minimum absolute atomic E-state index is 0.0116. The van der Waals surface area contributed by atoms with Gasteiger partial charge in [0.15, 0.2) is 0 Å². The summed E-state index contributed by atoms with van der Waals surface area (Å²) in [7, 11) is 5.63. The molecule has 6 N–H and O–H groups in total. The van der Waals surface area contributed by atoms with E-state index in [1.807, 2.05) is 0 Å². The highest BCUT2D eigenvalue weighted by Crippen LogP contribution is 2.22. The molecule has 2 rings (SSSR count). The number of carbonyl (C=O) groups excluding carboxylic acids is 7. The van der Waals surface area contributed by atoms with Gasteiger partial charge in [-0.25, -0.2) is 4.79 Å². The van der Waals surface area contributed by atoms with E-state index in [0.717, 1.165) is 10.5 Å². The molecule has 262 valence electrons. The van der Waals surface area contributed by atoms with Crippen molar-refractivity contribution in [2.45, 2.75) is 104 Å². The summed E-state index contributed by atoms with van der Waals surface area (Å²) in [6.45, 7) is 9.34. The molecule has 0 bridgehead atoms. The lowest BCUT2D eigenvalue weighted by Gasteiger charge is -2.25. The first kappa shape index (κ1) is 39.8. The number of primary amides is 1. The fourth-order valence-corrected chi connectivity index (χ4v) is 4.78. The number of anilines is 1. The molecule has 1 aliphatic rings. The number of urea groups is 1. The number of amides is 7. The average molecular weight is 669 g/mol. The quantitative estimate of drug-likeness (QED) is 0.0676. The van der Waals surface area contributed by atoms with E-state index in [4.69, 9.17) is 18.3 Å². The van der Waals surface area contributed by atoms with Gasteiger partial charge in [-0.3, -0.25) is 33.7 Å². The summed E-state index contributed by atoms with van der Waals surface area (Å²) in [4.78, 5) is 87.5. The lowest BCUT2D eigenvalue weighted by molar-refractivity contribution is -0.154. The Morgan fingerprint density at radius 3 is 2.21 bits per heavy atom. The van der Waals surface area contributed by atoms with Gasteiger partial charge in [-0.1, -0.05) is 32.4 Å². The first-order chi connectivity index (χ1) is 22.5. The van der Waals surface area contributed by atoms with Crippen LogP contribution in [0.4, 0.5) is 10.5 Å². The lowest BCUT2D eigenvalue weighted by Crippen LogP contribution is -2.54. The number of imide groups is 1. The number of esters is 1. The number of rotatable bonds is 18. The molecular formula is C33H49BN6O8. The van der Waals surface area contributed by atoms with Crippen LogP contribution in [0, 0.1) is 11.3 Å². The third-order valence-electron chi connectivity index (χ3n) is 7.64. The SMILES string of the molecule is [B]C1CC(=O)N(CCCCCC(=O)N[C@H](C(=O)N[C@@H](CCCNC(N)=O)C(=O)Nc2ccc(COC(=O)C(C)(C)C)cc2)C(C)C)C1=O. The Morgan fingerprint density at radius 2 is 1.65 bits per heavy atom. The van der Waals surface area contributed by atoms with E-state index in [0.29, 0.717) is 31.4 Å². The molecule has 1 saturated heterocycles. The van der Waals surface area contributed by atoms with E-state index >= 15 is 0 Å². The highest BCUT2D eigenvalue weighted by atomic mass is 16.5. The van der Waals surface area contributed by atoms with Gasteiger partial charge in [0.25, 0.3) is 0 Å². The Bertz CT molecular complexity index is 1310. The number of hydrogen-bond donors (Lipinski definition) is 5. The second kappa shape index (κ2) is 18.8. The van der Waals surface area contributed by atoms with Crippen molar-refractivity contribution in [3.05, 3.63) is 29.8 Å². The van der Waals surface area contributed by atoms with Crippen LogP contribution in [0.1, 0.15) is 85.1 Å². The number of nitrogens with two attached hydrogens (primary N) is 1. The van der Waals surface area contributed by atoms with E-state index in [-0.39, 0.29) is 68.6 Å². The smallest absolute Gasteiger partial charge is 0.312 e. The van der Waals surface area contributed by atoms with Gasteiger partial charge in [0, 0.05) is 37.4 Å². The molecule has 3 atom stereocenters. The van der Waals surface area contributed by atoms with Crippen LogP contribution in [0.15, 0.2) is 24.3 Å². The van der Waals surface area contributed by atoms with Gasteiger partial charge in [0.1, 0.15) is 18.7 Å². The fourth-order valence-electron chi connectivity index (χ4n) is 4.78. The third-order valence-corrected chi connectivity index (χ3v) is 7.64. The molecule has 0 saturated carbocycles. The number of unbranched alkanes of at least 4 members (excludes halogenated alkanes) is 2. The largest absolute Gasteiger partial charge is 0.460 e. The Labute approximate surface area is 283 Å². The van der Waals surface area contributed by atoms with Crippen LogP contribution in [0.25, 0.3) is 0 Å². The summed E-state index contributed by atoms with van der Waals surface area (Å²) in [6, 6.07) is 4.09. The molecule has 14 nitrogen and oxygen atoms in total. The summed E-state index contributed by atoms with van der Waals surface area (Å²) in [5.74, 6) is -3.49. The maximum absolute atomic E-state index is 13.4. The number of ether oxygens (including phenoxy) is 1. The molecule has 1 fully saturated rings. The molecule has 1 heterocycles. The number of nitrogens with zero attached hydrogens (tertiary/aromatic N) is 1. The van der Waals surface area contributed by atoms with Gasteiger partial charge >= 0.3 is 12.0 Å². The fraction of sp³-hybridized carbons (Fsp3) is 0.606. The maximum atomic E-state index is 13.4. The Kier molecular flexibility index (Phi) is 15.6. The van der Waals surface area contributed by atoms with E-state index in [1.165, 1.54) is 0 Å². The number of benzene rings is 1. The molecule has 1 aromatic carbocycles. The topological polar surface area (TPSA) is 206 Å². The van der Waals surface area contributed by atoms with Crippen molar-refractivity contribution in [3.8, 4) is 0 Å². The number of likely N-dealkylation sites (tertiary alicyclic amines) is 1. The van der Waals surface area contributed by atoms with Crippen LogP contribution in [0.3, 0.4) is 0 Å². The molecule has 0 aliphatic carbocycles. The minimum Gasteiger partial charge on any atom is -0.460 e. The normalized spacial score (nSPS) is 15.9. The van der Waals surface area contributed by atoms with E-state index < -0.39 is 41.2 Å². The molecule has 0 aromatic heterocycles. The maximum Gasteiger partial charge on any atom is 0.312 e. The van der Waals surface area contributed by atoms with Crippen LogP contribution >= 0.6 is 0 Å². The van der Waals surface area contributed by atoms with Gasteiger partial charge in [-0.05, 0) is 70.1 Å². The molecule has 1 unspecified atom stereocenters. The van der Waals surface area contributed by atoms with E-state index in [1.54, 1.807) is 58.9 Å². The molecule has 7 amide bonds. The van der Waals surface area contributed by atoms with Crippen LogP contribution in [-0.4, -0.2) is 79.5 Å². The summed E-state index contributed by atoms with van der Waals surface area (Å²) in [5.41, 5.74) is 5.69. The highest BCUT2D eigenvalue weighted by molar-refractivity contribution is 6.29. The van der Waals surface area contributed by atoms with Crippen molar-refractivity contribution < 1.29 is 38.3 Å². The van der Waals surface area contributed by atoms with Crippen LogP contribution in [-0.2, 0) is 40.1 Å². The molecule has 48 heavy (non-hydrogen) atoms. The second-order valence-electron chi connectivity index (χ2n) is 13.3. The lowest BCUT2D eigenvalue weighted by atomic mass is 9.86. The molecule has 0 spiro atoms. The number of nitrogens with one attached hydrogen (secondary N) is 4. The van der Waals surface area contributed by atoms with Crippen molar-refractivity contribution in [1.82, 2.24) is 20.9 Å². The average Bonchev–Trinajstić information content (AvgIpc) is 3.25. The standard InChI is InChI=1S/C33H49BN6O8/c1-20(2)27(39-25(41)11-7-6-8-17-40-26(42)18-23(34)30(40)45)29(44)38-24(10-9-16-36-32(35)47)28(43)37-22-14-12-21(13-15-22)19-48-31(46)33(3,4)5/h12-15,20,23-24,27H,6-11,16-19H2,1-5H3,(H,37,43)(H,38,44)(H,39,41)(H3,35,36,47)/t23?,24-,27-/m0/s1. The van der Waals surface area contributed by atoms with Crippen molar-refractivity contribution in [3.63, 3.8) is 0 Å². The van der Waals surface area contributed by atoms with Gasteiger partial charge in [0.2, 0.25) is 29.5 Å². The van der Waals surface area contributed by atoms with Gasteiger partial charge in [0.05, 0.1) is 13.3 Å². The molecule has 15 heteroatoms. The van der Waals surface area contributed by atoms with Crippen molar-refractivity contribution in [2.24, 2.45) is 17.1 Å². The first-order valence-corrected chi connectivity index (χ1v) is 16.3. The van der Waals surface area contributed by atoms with Crippen LogP contribution in [0.2, 0.25) is 5.82 Å². The molecule has 1 aromatic rings. The number of carbonyl (C=O) groups is 7. The molecule has 2 radical (unpaired) electrons. The molecular weight excluding hydrogens is 619 g/mol. The summed E-state index contributed by atoms with van der Waals surface area (Å²) < 4.78 is 5.33. The van der Waals surface area contributed by atoms with E-state index in [2.05, 4.69) is 21.3 Å². The van der Waals surface area contributed by atoms with Crippen molar-refractivity contribution in [2.75, 3.05) is 18.4 Å².